The van der Waals surface area contributed by atoms with Gasteiger partial charge >= 0.3 is 0 Å². The van der Waals surface area contributed by atoms with E-state index >= 15 is 0 Å². The van der Waals surface area contributed by atoms with Gasteiger partial charge in [-0.2, -0.15) is 0 Å². The first-order chi connectivity index (χ1) is 5.42. The first kappa shape index (κ1) is 6.15. The van der Waals surface area contributed by atoms with E-state index in [4.69, 9.17) is 4.74 Å². The van der Waals surface area contributed by atoms with Gasteiger partial charge in [-0.05, 0) is 17.4 Å². The maximum Gasteiger partial charge on any atom is 0.157 e. The molecule has 0 N–H and O–H groups in total. The van der Waals surface area contributed by atoms with E-state index in [0.29, 0.717) is 5.75 Å². The zero-order chi connectivity index (χ0) is 7.68. The van der Waals surface area contributed by atoms with E-state index < -0.39 is 0 Å². The van der Waals surface area contributed by atoms with Crippen LogP contribution >= 0.6 is 0 Å². The summed E-state index contributed by atoms with van der Waals surface area (Å²) in [6.07, 6.45) is 0. The molecule has 4 nitrogen and oxygen atoms in total. The lowest BCUT2D eigenvalue weighted by molar-refractivity contribution is 0.416. The van der Waals surface area contributed by atoms with E-state index in [-0.39, 0.29) is 0 Å². The highest BCUT2D eigenvalue weighted by Crippen LogP contribution is 2.38. The van der Waals surface area contributed by atoms with Gasteiger partial charge < -0.3 is 4.74 Å². The van der Waals surface area contributed by atoms with Crippen LogP contribution in [0.3, 0.4) is 0 Å². The number of fused-ring (bicyclic) bond motifs is 1. The predicted molar refractivity (Wildman–Crippen MR) is 39.3 cm³/mol. The lowest BCUT2D eigenvalue weighted by Crippen LogP contribution is -1.83. The predicted octanol–water partition coefficient (Wildman–Crippen LogP) is 1.94. The minimum absolute atomic E-state index is 0.715. The van der Waals surface area contributed by atoms with Crippen LogP contribution in [-0.2, 0) is 0 Å². The van der Waals surface area contributed by atoms with Crippen LogP contribution in [0.5, 0.6) is 5.75 Å². The van der Waals surface area contributed by atoms with Crippen molar-refractivity contribution >= 4 is 11.4 Å². The Morgan fingerprint density at radius 3 is 3.09 bits per heavy atom. The van der Waals surface area contributed by atoms with Gasteiger partial charge in [-0.15, -0.1) is 10.5 Å². The topological polar surface area (TPSA) is 48.1 Å². The van der Waals surface area contributed by atoms with Crippen molar-refractivity contribution in [3.63, 3.8) is 0 Å². The summed E-state index contributed by atoms with van der Waals surface area (Å²) in [6, 6.07) is 5.54. The molecule has 0 atom stereocenters. The molecule has 1 aliphatic heterocycles. The van der Waals surface area contributed by atoms with Crippen molar-refractivity contribution in [2.45, 2.75) is 0 Å². The molecule has 11 heavy (non-hydrogen) atoms. The molecule has 0 bridgehead atoms. The molecule has 1 aromatic rings. The van der Waals surface area contributed by atoms with E-state index in [9.17, 15) is 0 Å². The first-order valence-corrected chi connectivity index (χ1v) is 3.20. The molecule has 1 heterocycles. The summed E-state index contributed by atoms with van der Waals surface area (Å²) < 4.78 is 5.04. The highest BCUT2D eigenvalue weighted by Gasteiger charge is 2.13. The second kappa shape index (κ2) is 2.23. The van der Waals surface area contributed by atoms with E-state index in [0.717, 1.165) is 11.4 Å². The summed E-state index contributed by atoms with van der Waals surface area (Å²) in [5.41, 5.74) is 5.27. The molecule has 55 valence electrons. The lowest BCUT2D eigenvalue weighted by atomic mass is 10.2. The maximum atomic E-state index is 5.04. The van der Waals surface area contributed by atoms with Gasteiger partial charge in [0.1, 0.15) is 11.4 Å². The highest BCUT2D eigenvalue weighted by atomic mass is 16.5. The van der Waals surface area contributed by atoms with Crippen molar-refractivity contribution in [2.24, 2.45) is 10.3 Å². The minimum Gasteiger partial charge on any atom is -0.494 e. The molecule has 2 rings (SSSR count). The molecule has 0 saturated heterocycles. The van der Waals surface area contributed by atoms with E-state index in [1.165, 1.54) is 0 Å². The van der Waals surface area contributed by atoms with Gasteiger partial charge in [0.25, 0.3) is 0 Å². The number of methoxy groups -OCH3 is 1. The van der Waals surface area contributed by atoms with Crippen LogP contribution in [0.25, 0.3) is 0 Å². The fraction of sp³-hybridized carbons (Fsp3) is 0.143. The van der Waals surface area contributed by atoms with Gasteiger partial charge in [-0.3, -0.25) is 0 Å². The van der Waals surface area contributed by atoms with Crippen LogP contribution in [0.15, 0.2) is 28.5 Å². The molecule has 0 spiro atoms. The molecular formula is C7H6N3O. The van der Waals surface area contributed by atoms with Crippen LogP contribution in [0.4, 0.5) is 11.4 Å². The van der Waals surface area contributed by atoms with E-state index in [1.54, 1.807) is 7.11 Å². The zero-order valence-electron chi connectivity index (χ0n) is 5.98. The van der Waals surface area contributed by atoms with Gasteiger partial charge in [-0.1, -0.05) is 6.07 Å². The second-order valence-electron chi connectivity index (χ2n) is 2.12. The Bertz CT molecular complexity index is 309. The normalized spacial score (nSPS) is 12.5. The molecule has 1 aliphatic rings. The monoisotopic (exact) mass is 148 g/mol. The van der Waals surface area contributed by atoms with Crippen molar-refractivity contribution in [2.75, 3.05) is 7.11 Å². The van der Waals surface area contributed by atoms with Gasteiger partial charge in [0.2, 0.25) is 0 Å². The van der Waals surface area contributed by atoms with Gasteiger partial charge in [0, 0.05) is 0 Å². The van der Waals surface area contributed by atoms with Crippen molar-refractivity contribution in [3.05, 3.63) is 18.2 Å². The second-order valence-corrected chi connectivity index (χ2v) is 2.12. The molecule has 0 aromatic heterocycles. The van der Waals surface area contributed by atoms with Crippen molar-refractivity contribution < 1.29 is 4.74 Å². The van der Waals surface area contributed by atoms with Crippen molar-refractivity contribution in [1.29, 1.82) is 0 Å². The van der Waals surface area contributed by atoms with Crippen LogP contribution in [0.2, 0.25) is 0 Å². The Hall–Kier alpha value is -1.58. The summed E-state index contributed by atoms with van der Waals surface area (Å²) in [5, 5.41) is 7.33. The Morgan fingerprint density at radius 2 is 2.27 bits per heavy atom. The van der Waals surface area contributed by atoms with Crippen LogP contribution in [0.1, 0.15) is 0 Å². The number of benzene rings is 1. The SMILES string of the molecule is COc1cccc2c1N=N[N]2. The average Bonchev–Trinajstić information content (AvgIpc) is 2.50. The molecule has 0 amide bonds. The fourth-order valence-electron chi connectivity index (χ4n) is 0.972. The molecule has 0 fully saturated rings. The third kappa shape index (κ3) is 0.832. The number of nitrogens with zero attached hydrogens (tertiary/aromatic N) is 3. The maximum absolute atomic E-state index is 5.04. The number of hydrogen-bond acceptors (Lipinski definition) is 3. The Morgan fingerprint density at radius 1 is 1.36 bits per heavy atom. The van der Waals surface area contributed by atoms with E-state index in [2.05, 4.69) is 15.8 Å². The average molecular weight is 148 g/mol. The number of hydrogen-bond donors (Lipinski definition) is 0. The third-order valence-electron chi connectivity index (χ3n) is 1.49. The number of ether oxygens (including phenoxy) is 1. The summed E-state index contributed by atoms with van der Waals surface area (Å²) in [6.45, 7) is 0. The zero-order valence-corrected chi connectivity index (χ0v) is 5.98. The standard InChI is InChI=1S/C7H6N3O/c1-11-6-4-2-3-5-7(6)9-10-8-5/h2-4H,1H3. The van der Waals surface area contributed by atoms with E-state index in [1.807, 2.05) is 18.2 Å². The van der Waals surface area contributed by atoms with Crippen molar-refractivity contribution in [3.8, 4) is 5.75 Å². The molecule has 0 aliphatic carbocycles. The molecule has 4 heteroatoms. The third-order valence-corrected chi connectivity index (χ3v) is 1.49. The van der Waals surface area contributed by atoms with Crippen LogP contribution in [-0.4, -0.2) is 7.11 Å². The number of rotatable bonds is 1. The lowest BCUT2D eigenvalue weighted by Gasteiger charge is -2.00. The van der Waals surface area contributed by atoms with Crippen LogP contribution < -0.4 is 10.2 Å². The summed E-state index contributed by atoms with van der Waals surface area (Å²) in [4.78, 5) is 0. The molecule has 1 radical (unpaired) electrons. The van der Waals surface area contributed by atoms with Gasteiger partial charge in [-0.25, -0.2) is 0 Å². The van der Waals surface area contributed by atoms with Crippen LogP contribution in [0, 0.1) is 0 Å². The van der Waals surface area contributed by atoms with Gasteiger partial charge in [0.15, 0.2) is 5.69 Å². The molecular weight excluding hydrogens is 142 g/mol. The molecule has 0 unspecified atom stereocenters. The summed E-state index contributed by atoms with van der Waals surface area (Å²) >= 11 is 0. The smallest absolute Gasteiger partial charge is 0.157 e. The van der Waals surface area contributed by atoms with Crippen molar-refractivity contribution in [1.82, 2.24) is 5.43 Å². The quantitative estimate of drug-likeness (QED) is 0.600. The Labute approximate surface area is 63.9 Å². The van der Waals surface area contributed by atoms with Gasteiger partial charge in [0.05, 0.1) is 7.11 Å². The first-order valence-electron chi connectivity index (χ1n) is 3.20. The molecule has 1 aromatic carbocycles. The summed E-state index contributed by atoms with van der Waals surface area (Å²) in [5.74, 6) is 0.715. The Balaban J connectivity index is 2.57. The Kier molecular flexibility index (Phi) is 1.25. The highest BCUT2D eigenvalue weighted by molar-refractivity contribution is 5.69. The minimum atomic E-state index is 0.715. The largest absolute Gasteiger partial charge is 0.494 e. The summed E-state index contributed by atoms with van der Waals surface area (Å²) in [7, 11) is 1.60. The fourth-order valence-corrected chi connectivity index (χ4v) is 0.972. The molecule has 0 saturated carbocycles.